The first-order valence-corrected chi connectivity index (χ1v) is 16.9. The molecule has 0 spiro atoms. The summed E-state index contributed by atoms with van der Waals surface area (Å²) in [6, 6.07) is 0. The minimum absolute atomic E-state index is 0.200. The summed E-state index contributed by atoms with van der Waals surface area (Å²) >= 11 is 0. The van der Waals surface area contributed by atoms with E-state index in [0.717, 1.165) is 19.3 Å². The van der Waals surface area contributed by atoms with Crippen molar-refractivity contribution in [1.29, 1.82) is 0 Å². The van der Waals surface area contributed by atoms with E-state index in [4.69, 9.17) is 18.6 Å². The number of rotatable bonds is 19. The maximum Gasteiger partial charge on any atom is 0.508 e. The van der Waals surface area contributed by atoms with Crippen molar-refractivity contribution in [3.63, 3.8) is 0 Å². The number of ether oxygens (including phenoxy) is 3. The number of aliphatic hydroxyl groups is 1. The summed E-state index contributed by atoms with van der Waals surface area (Å²) < 4.78 is 21.4. The summed E-state index contributed by atoms with van der Waals surface area (Å²) in [5, 5.41) is 10.4. The van der Waals surface area contributed by atoms with E-state index in [2.05, 4.69) is 6.92 Å². The van der Waals surface area contributed by atoms with Crippen LogP contribution < -0.4 is 0 Å². The van der Waals surface area contributed by atoms with E-state index in [1.54, 1.807) is 0 Å². The Morgan fingerprint density at radius 1 is 0.882 bits per heavy atom. The van der Waals surface area contributed by atoms with E-state index in [-0.39, 0.29) is 6.61 Å². The van der Waals surface area contributed by atoms with Gasteiger partial charge in [0.2, 0.25) is 0 Å². The van der Waals surface area contributed by atoms with Crippen LogP contribution >= 0.6 is 0 Å². The molecule has 1 rings (SSSR count). The molecule has 0 unspecified atom stereocenters. The third-order valence-corrected chi connectivity index (χ3v) is 7.09. The highest BCUT2D eigenvalue weighted by atomic mass is 28.4. The van der Waals surface area contributed by atoms with Crippen LogP contribution in [-0.2, 0) is 23.4 Å². The summed E-state index contributed by atoms with van der Waals surface area (Å²) in [6.07, 6.45) is 15.3. The lowest BCUT2D eigenvalue weighted by Crippen LogP contribution is -2.50. The van der Waals surface area contributed by atoms with Gasteiger partial charge in [0.05, 0.1) is 6.61 Å². The Balaban J connectivity index is 2.03. The number of cyclic esters (lactones) is 1. The van der Waals surface area contributed by atoms with Crippen molar-refractivity contribution >= 4 is 20.4 Å². The molecule has 0 saturated carbocycles. The zero-order valence-electron chi connectivity index (χ0n) is 22.4. The molecule has 0 aromatic rings. The monoisotopic (exact) mass is 502 g/mol. The van der Waals surface area contributed by atoms with Gasteiger partial charge in [0.1, 0.15) is 12.7 Å². The fourth-order valence-corrected chi connectivity index (χ4v) is 5.28. The predicted octanol–water partition coefficient (Wildman–Crippen LogP) is 6.52. The van der Waals surface area contributed by atoms with E-state index < -0.39 is 38.3 Å². The van der Waals surface area contributed by atoms with Crippen LogP contribution in [0.1, 0.15) is 104 Å². The molecule has 7 nitrogen and oxygen atoms in total. The SMILES string of the molecule is CCCCCCCCCCCCCCCCOC(=O)OC[C@H]1OC(=O)[C@@](C)(O)[C@@H]1O[Si](C)(C)C. The number of carbonyl (C=O) groups is 2. The van der Waals surface area contributed by atoms with Crippen molar-refractivity contribution in [2.24, 2.45) is 0 Å². The highest BCUT2D eigenvalue weighted by Gasteiger charge is 2.55. The Hall–Kier alpha value is -1.12. The molecule has 0 amide bonds. The van der Waals surface area contributed by atoms with Gasteiger partial charge < -0.3 is 23.7 Å². The third kappa shape index (κ3) is 13.1. The summed E-state index contributed by atoms with van der Waals surface area (Å²) in [6.45, 7) is 9.60. The topological polar surface area (TPSA) is 91.3 Å². The number of hydrogen-bond acceptors (Lipinski definition) is 7. The Morgan fingerprint density at radius 2 is 1.35 bits per heavy atom. The highest BCUT2D eigenvalue weighted by Crippen LogP contribution is 2.31. The average Bonchev–Trinajstić information content (AvgIpc) is 2.96. The minimum Gasteiger partial charge on any atom is -0.454 e. The van der Waals surface area contributed by atoms with Crippen LogP contribution in [-0.4, -0.2) is 56.6 Å². The molecule has 1 N–H and O–H groups in total. The zero-order chi connectivity index (χ0) is 25.5. The van der Waals surface area contributed by atoms with E-state index in [1.165, 1.54) is 77.6 Å². The van der Waals surface area contributed by atoms with E-state index in [0.29, 0.717) is 6.61 Å². The maximum atomic E-state index is 12.0. The molecule has 0 bridgehead atoms. The summed E-state index contributed by atoms with van der Waals surface area (Å²) in [7, 11) is -2.06. The van der Waals surface area contributed by atoms with Gasteiger partial charge in [-0.05, 0) is 33.0 Å². The number of unbranched alkanes of at least 4 members (excludes halogenated alkanes) is 13. The lowest BCUT2D eigenvalue weighted by atomic mass is 9.99. The molecule has 0 aromatic carbocycles. The van der Waals surface area contributed by atoms with Gasteiger partial charge in [-0.3, -0.25) is 0 Å². The molecule has 1 fully saturated rings. The second-order valence-electron chi connectivity index (χ2n) is 10.7. The van der Waals surface area contributed by atoms with Gasteiger partial charge in [-0.15, -0.1) is 0 Å². The van der Waals surface area contributed by atoms with Gasteiger partial charge in [-0.25, -0.2) is 9.59 Å². The zero-order valence-corrected chi connectivity index (χ0v) is 23.4. The molecule has 0 aromatic heterocycles. The largest absolute Gasteiger partial charge is 0.508 e. The van der Waals surface area contributed by atoms with E-state index in [1.807, 2.05) is 19.6 Å². The van der Waals surface area contributed by atoms with Crippen LogP contribution in [0, 0.1) is 0 Å². The second-order valence-corrected chi connectivity index (χ2v) is 15.2. The van der Waals surface area contributed by atoms with Crippen molar-refractivity contribution in [3.05, 3.63) is 0 Å². The smallest absolute Gasteiger partial charge is 0.454 e. The lowest BCUT2D eigenvalue weighted by Gasteiger charge is -2.30. The van der Waals surface area contributed by atoms with Crippen molar-refractivity contribution in [2.45, 2.75) is 141 Å². The van der Waals surface area contributed by atoms with Crippen LogP contribution in [0.2, 0.25) is 19.6 Å². The molecular formula is C26H50O7Si. The molecular weight excluding hydrogens is 452 g/mol. The molecule has 1 heterocycles. The Morgan fingerprint density at radius 3 is 1.82 bits per heavy atom. The number of esters is 1. The quantitative estimate of drug-likeness (QED) is 0.122. The fourth-order valence-electron chi connectivity index (χ4n) is 4.13. The molecule has 1 saturated heterocycles. The molecule has 200 valence electrons. The summed E-state index contributed by atoms with van der Waals surface area (Å²) in [5.41, 5.74) is -1.76. The van der Waals surface area contributed by atoms with Gasteiger partial charge in [0, 0.05) is 0 Å². The van der Waals surface area contributed by atoms with Crippen LogP contribution in [0.25, 0.3) is 0 Å². The Bertz CT molecular complexity index is 574. The van der Waals surface area contributed by atoms with Gasteiger partial charge >= 0.3 is 12.1 Å². The van der Waals surface area contributed by atoms with Crippen LogP contribution in [0.5, 0.6) is 0 Å². The second kappa shape index (κ2) is 16.5. The van der Waals surface area contributed by atoms with Gasteiger partial charge in [-0.2, -0.15) is 0 Å². The first-order chi connectivity index (χ1) is 16.1. The van der Waals surface area contributed by atoms with Crippen molar-refractivity contribution in [3.8, 4) is 0 Å². The van der Waals surface area contributed by atoms with Crippen LogP contribution in [0.4, 0.5) is 4.79 Å². The normalized spacial score (nSPS) is 22.6. The number of hydrogen-bond donors (Lipinski definition) is 1. The molecule has 3 atom stereocenters. The average molecular weight is 503 g/mol. The minimum atomic E-state index is -2.06. The number of carbonyl (C=O) groups excluding carboxylic acids is 2. The maximum absolute atomic E-state index is 12.0. The molecule has 0 radical (unpaired) electrons. The molecule has 0 aliphatic carbocycles. The Kier molecular flexibility index (Phi) is 15.0. The molecule has 8 heteroatoms. The first-order valence-electron chi connectivity index (χ1n) is 13.5. The summed E-state index contributed by atoms with van der Waals surface area (Å²) in [5.74, 6) is -0.764. The van der Waals surface area contributed by atoms with E-state index >= 15 is 0 Å². The van der Waals surface area contributed by atoms with Crippen LogP contribution in [0.3, 0.4) is 0 Å². The van der Waals surface area contributed by atoms with E-state index in [9.17, 15) is 14.7 Å². The van der Waals surface area contributed by atoms with Gasteiger partial charge in [0.25, 0.3) is 0 Å². The fraction of sp³-hybridized carbons (Fsp3) is 0.923. The third-order valence-electron chi connectivity index (χ3n) is 6.13. The summed E-state index contributed by atoms with van der Waals surface area (Å²) in [4.78, 5) is 23.9. The van der Waals surface area contributed by atoms with Crippen LogP contribution in [0.15, 0.2) is 0 Å². The molecule has 34 heavy (non-hydrogen) atoms. The first kappa shape index (κ1) is 30.9. The lowest BCUT2D eigenvalue weighted by molar-refractivity contribution is -0.155. The van der Waals surface area contributed by atoms with Gasteiger partial charge in [0.15, 0.2) is 20.0 Å². The van der Waals surface area contributed by atoms with Crippen molar-refractivity contribution in [2.75, 3.05) is 13.2 Å². The van der Waals surface area contributed by atoms with Crippen molar-refractivity contribution in [1.82, 2.24) is 0 Å². The molecule has 1 aliphatic heterocycles. The van der Waals surface area contributed by atoms with Crippen molar-refractivity contribution < 1.29 is 33.3 Å². The standard InChI is InChI=1S/C26H50O7Si/c1-6-7-8-9-10-11-12-13-14-15-16-17-18-19-20-30-25(28)31-21-22-23(33-34(3,4)5)26(2,29)24(27)32-22/h22-23,29H,6-21H2,1-5H3/t22-,23-,26+/m1/s1. The highest BCUT2D eigenvalue weighted by molar-refractivity contribution is 6.69. The Labute approximate surface area is 208 Å². The molecule has 1 aliphatic rings. The van der Waals surface area contributed by atoms with Gasteiger partial charge in [-0.1, -0.05) is 90.4 Å². The predicted molar refractivity (Wildman–Crippen MR) is 136 cm³/mol.